The molecule has 2 aliphatic rings. The van der Waals surface area contributed by atoms with Crippen LogP contribution >= 0.6 is 0 Å². The molecular formula is C21H29N7O2. The summed E-state index contributed by atoms with van der Waals surface area (Å²) in [4.78, 5) is 26.4. The first kappa shape index (κ1) is 20.2. The van der Waals surface area contributed by atoms with Gasteiger partial charge in [-0.2, -0.15) is 0 Å². The van der Waals surface area contributed by atoms with Gasteiger partial charge in [-0.25, -0.2) is 9.59 Å². The van der Waals surface area contributed by atoms with E-state index in [2.05, 4.69) is 26.1 Å². The molecule has 4 amide bonds. The highest BCUT2D eigenvalue weighted by Crippen LogP contribution is 2.26. The number of carbonyl (C=O) groups is 2. The summed E-state index contributed by atoms with van der Waals surface area (Å²) in [6, 6.07) is 7.55. The van der Waals surface area contributed by atoms with Gasteiger partial charge >= 0.3 is 12.1 Å². The molecule has 1 saturated carbocycles. The number of carbonyl (C=O) groups excluding carboxylic acids is 2. The fourth-order valence-corrected chi connectivity index (χ4v) is 3.80. The van der Waals surface area contributed by atoms with Gasteiger partial charge < -0.3 is 25.4 Å². The maximum Gasteiger partial charge on any atom is 0.319 e. The lowest BCUT2D eigenvalue weighted by atomic mass is 9.96. The molecule has 4 rings (SSSR count). The van der Waals surface area contributed by atoms with Crippen LogP contribution in [0.1, 0.15) is 56.0 Å². The predicted molar refractivity (Wildman–Crippen MR) is 113 cm³/mol. The summed E-state index contributed by atoms with van der Waals surface area (Å²) >= 11 is 0. The van der Waals surface area contributed by atoms with Gasteiger partial charge in [0.15, 0.2) is 0 Å². The topological polar surface area (TPSA) is 104 Å². The van der Waals surface area contributed by atoms with Crippen molar-refractivity contribution in [1.29, 1.82) is 0 Å². The Morgan fingerprint density at radius 1 is 1.10 bits per heavy atom. The Labute approximate surface area is 176 Å². The van der Waals surface area contributed by atoms with Gasteiger partial charge in [-0.15, -0.1) is 10.2 Å². The van der Waals surface area contributed by atoms with E-state index in [1.54, 1.807) is 6.33 Å². The van der Waals surface area contributed by atoms with Gasteiger partial charge in [-0.1, -0.05) is 12.1 Å². The number of amides is 4. The van der Waals surface area contributed by atoms with Gasteiger partial charge in [-0.05, 0) is 50.3 Å². The van der Waals surface area contributed by atoms with Crippen LogP contribution in [-0.2, 0) is 7.05 Å². The molecule has 3 N–H and O–H groups in total. The van der Waals surface area contributed by atoms with Crippen molar-refractivity contribution < 1.29 is 9.59 Å². The Morgan fingerprint density at radius 2 is 1.80 bits per heavy atom. The van der Waals surface area contributed by atoms with E-state index in [0.717, 1.165) is 42.8 Å². The van der Waals surface area contributed by atoms with Crippen molar-refractivity contribution in [2.45, 2.75) is 50.6 Å². The molecule has 160 valence electrons. The number of likely N-dealkylation sites (tertiary alicyclic amines) is 1. The number of urea groups is 2. The van der Waals surface area contributed by atoms with E-state index in [1.807, 2.05) is 47.7 Å². The number of piperidine rings is 1. The van der Waals surface area contributed by atoms with Crippen molar-refractivity contribution in [3.63, 3.8) is 0 Å². The van der Waals surface area contributed by atoms with Crippen molar-refractivity contribution in [1.82, 2.24) is 30.3 Å². The lowest BCUT2D eigenvalue weighted by Gasteiger charge is -2.32. The van der Waals surface area contributed by atoms with Crippen LogP contribution in [0, 0.1) is 0 Å². The highest BCUT2D eigenvalue weighted by Gasteiger charge is 2.27. The third kappa shape index (κ3) is 4.90. The Balaban J connectivity index is 1.25. The Bertz CT molecular complexity index is 883. The maximum atomic E-state index is 12.7. The van der Waals surface area contributed by atoms with Gasteiger partial charge in [0.1, 0.15) is 12.2 Å². The van der Waals surface area contributed by atoms with Crippen molar-refractivity contribution in [3.05, 3.63) is 42.0 Å². The molecule has 1 saturated heterocycles. The molecule has 0 spiro atoms. The second-order valence-electron chi connectivity index (χ2n) is 8.23. The third-order valence-electron chi connectivity index (χ3n) is 5.81. The SMILES string of the molecule is CC(NC(=O)N1CCC(c2nncn2C)CC1)c1ccc(NC(=O)NC2CC2)cc1. The molecule has 1 aliphatic heterocycles. The molecule has 2 aromatic rings. The zero-order chi connectivity index (χ0) is 21.1. The van der Waals surface area contributed by atoms with Gasteiger partial charge in [0.05, 0.1) is 6.04 Å². The third-order valence-corrected chi connectivity index (χ3v) is 5.81. The fraction of sp³-hybridized carbons (Fsp3) is 0.524. The molecule has 1 aliphatic carbocycles. The van der Waals surface area contributed by atoms with Crippen molar-refractivity contribution in [2.24, 2.45) is 7.05 Å². The average molecular weight is 412 g/mol. The molecule has 1 unspecified atom stereocenters. The number of benzene rings is 1. The lowest BCUT2D eigenvalue weighted by molar-refractivity contribution is 0.177. The number of hydrogen-bond donors (Lipinski definition) is 3. The van der Waals surface area contributed by atoms with Crippen LogP contribution in [0.5, 0.6) is 0 Å². The molecule has 1 aromatic heterocycles. The number of nitrogens with zero attached hydrogens (tertiary/aromatic N) is 4. The largest absolute Gasteiger partial charge is 0.335 e. The molecule has 30 heavy (non-hydrogen) atoms. The first-order valence-corrected chi connectivity index (χ1v) is 10.6. The first-order chi connectivity index (χ1) is 14.5. The van der Waals surface area contributed by atoms with Gasteiger partial charge in [-0.3, -0.25) is 0 Å². The average Bonchev–Trinajstić information content (AvgIpc) is 3.45. The zero-order valence-corrected chi connectivity index (χ0v) is 17.5. The van der Waals surface area contributed by atoms with Gasteiger partial charge in [0.2, 0.25) is 0 Å². The summed E-state index contributed by atoms with van der Waals surface area (Å²) < 4.78 is 1.95. The molecule has 2 heterocycles. The normalized spacial score (nSPS) is 18.0. The maximum absolute atomic E-state index is 12.7. The van der Waals surface area contributed by atoms with Crippen LogP contribution in [0.15, 0.2) is 30.6 Å². The molecule has 9 heteroatoms. The van der Waals surface area contributed by atoms with E-state index < -0.39 is 0 Å². The predicted octanol–water partition coefficient (Wildman–Crippen LogP) is 2.75. The number of aryl methyl sites for hydroxylation is 1. The van der Waals surface area contributed by atoms with E-state index in [4.69, 9.17) is 0 Å². The van der Waals surface area contributed by atoms with Crippen LogP contribution in [0.25, 0.3) is 0 Å². The second-order valence-corrected chi connectivity index (χ2v) is 8.23. The van der Waals surface area contributed by atoms with E-state index in [9.17, 15) is 9.59 Å². The van der Waals surface area contributed by atoms with E-state index >= 15 is 0 Å². The number of rotatable bonds is 5. The summed E-state index contributed by atoms with van der Waals surface area (Å²) in [5.74, 6) is 1.33. The van der Waals surface area contributed by atoms with Gasteiger partial charge in [0, 0.05) is 37.8 Å². The highest BCUT2D eigenvalue weighted by molar-refractivity contribution is 5.89. The van der Waals surface area contributed by atoms with Crippen LogP contribution in [0.4, 0.5) is 15.3 Å². The number of anilines is 1. The molecule has 2 fully saturated rings. The minimum Gasteiger partial charge on any atom is -0.335 e. The van der Waals surface area contributed by atoms with E-state index in [0.29, 0.717) is 25.0 Å². The lowest BCUT2D eigenvalue weighted by Crippen LogP contribution is -2.45. The summed E-state index contributed by atoms with van der Waals surface area (Å²) in [7, 11) is 1.95. The van der Waals surface area contributed by atoms with E-state index in [-0.39, 0.29) is 18.1 Å². The summed E-state index contributed by atoms with van der Waals surface area (Å²) in [5.41, 5.74) is 1.73. The van der Waals surface area contributed by atoms with E-state index in [1.165, 1.54) is 0 Å². The smallest absolute Gasteiger partial charge is 0.319 e. The number of hydrogen-bond acceptors (Lipinski definition) is 4. The summed E-state index contributed by atoms with van der Waals surface area (Å²) in [6.45, 7) is 3.37. The second kappa shape index (κ2) is 8.73. The number of aromatic nitrogens is 3. The van der Waals surface area contributed by atoms with Crippen LogP contribution in [-0.4, -0.2) is 50.9 Å². The minimum absolute atomic E-state index is 0.0510. The van der Waals surface area contributed by atoms with Gasteiger partial charge in [0.25, 0.3) is 0 Å². The Hall–Kier alpha value is -3.10. The van der Waals surface area contributed by atoms with Crippen molar-refractivity contribution in [2.75, 3.05) is 18.4 Å². The Morgan fingerprint density at radius 3 is 2.40 bits per heavy atom. The van der Waals surface area contributed by atoms with Crippen LogP contribution in [0.3, 0.4) is 0 Å². The fourth-order valence-electron chi connectivity index (χ4n) is 3.80. The first-order valence-electron chi connectivity index (χ1n) is 10.6. The van der Waals surface area contributed by atoms with Crippen LogP contribution < -0.4 is 16.0 Å². The Kier molecular flexibility index (Phi) is 5.87. The summed E-state index contributed by atoms with van der Waals surface area (Å²) in [6.07, 6.45) is 5.61. The highest BCUT2D eigenvalue weighted by atomic mass is 16.2. The van der Waals surface area contributed by atoms with Crippen LogP contribution in [0.2, 0.25) is 0 Å². The summed E-state index contributed by atoms with van der Waals surface area (Å²) in [5, 5.41) is 17.0. The van der Waals surface area contributed by atoms with Crippen molar-refractivity contribution in [3.8, 4) is 0 Å². The standard InChI is InChI=1S/C21H29N7O2/c1-14(15-3-5-17(6-4-15)24-20(29)25-18-7-8-18)23-21(30)28-11-9-16(10-12-28)19-26-22-13-27(19)2/h3-6,13-14,16,18H,7-12H2,1-2H3,(H,23,30)(H2,24,25,29). The quantitative estimate of drug-likeness (QED) is 0.704. The molecule has 0 bridgehead atoms. The molecule has 0 radical (unpaired) electrons. The molecular weight excluding hydrogens is 382 g/mol. The van der Waals surface area contributed by atoms with Crippen molar-refractivity contribution >= 4 is 17.7 Å². The minimum atomic E-state index is -0.170. The monoisotopic (exact) mass is 411 g/mol. The zero-order valence-electron chi connectivity index (χ0n) is 17.5. The molecule has 9 nitrogen and oxygen atoms in total. The number of nitrogens with one attached hydrogen (secondary N) is 3. The molecule has 1 atom stereocenters. The molecule has 1 aromatic carbocycles.